The molecule has 36 heavy (non-hydrogen) atoms. The molecule has 188 valence electrons. The van der Waals surface area contributed by atoms with E-state index in [1.165, 1.54) is 28.6 Å². The second-order valence-electron chi connectivity index (χ2n) is 7.95. The van der Waals surface area contributed by atoms with E-state index >= 15 is 0 Å². The van der Waals surface area contributed by atoms with E-state index in [2.05, 4.69) is 4.98 Å². The summed E-state index contributed by atoms with van der Waals surface area (Å²) in [5, 5.41) is 0.397. The molecule has 0 saturated carbocycles. The number of carbonyl (C=O) groups is 1. The summed E-state index contributed by atoms with van der Waals surface area (Å²) in [5.74, 6) is -0.973. The molecule has 11 heteroatoms. The summed E-state index contributed by atoms with van der Waals surface area (Å²) in [7, 11) is 1.58. The van der Waals surface area contributed by atoms with Crippen molar-refractivity contribution in [3.8, 4) is 11.3 Å². The number of furan rings is 1. The van der Waals surface area contributed by atoms with Gasteiger partial charge < -0.3 is 19.4 Å². The van der Waals surface area contributed by atoms with E-state index in [-0.39, 0.29) is 36.2 Å². The minimum atomic E-state index is -2.51. The number of fused-ring (bicyclic) bond motifs is 1. The lowest BCUT2D eigenvalue weighted by Gasteiger charge is -2.26. The average Bonchev–Trinajstić information content (AvgIpc) is 3.23. The van der Waals surface area contributed by atoms with E-state index in [0.29, 0.717) is 26.6 Å². The Bertz CT molecular complexity index is 1400. The number of halogens is 2. The maximum Gasteiger partial charge on any atom is 0.253 e. The van der Waals surface area contributed by atoms with Crippen molar-refractivity contribution in [2.45, 2.75) is 19.1 Å². The molecule has 0 bridgehead atoms. The van der Waals surface area contributed by atoms with Gasteiger partial charge in [-0.2, -0.15) is 0 Å². The first kappa shape index (κ1) is 26.4. The molecule has 0 aliphatic rings. The predicted molar refractivity (Wildman–Crippen MR) is 141 cm³/mol. The number of nitrogens with zero attached hydrogens (tertiary/aromatic N) is 2. The number of hydrogen-bond acceptors (Lipinski definition) is 6. The van der Waals surface area contributed by atoms with Gasteiger partial charge in [-0.3, -0.25) is 9.00 Å². The second kappa shape index (κ2) is 11.6. The Morgan fingerprint density at radius 1 is 1.25 bits per heavy atom. The van der Waals surface area contributed by atoms with E-state index in [1.807, 2.05) is 52.9 Å². The van der Waals surface area contributed by atoms with E-state index in [1.54, 1.807) is 13.2 Å². The van der Waals surface area contributed by atoms with Crippen LogP contribution in [-0.4, -0.2) is 37.6 Å². The van der Waals surface area contributed by atoms with Crippen molar-refractivity contribution in [1.82, 2.24) is 9.29 Å². The number of primary amides is 1. The SMILES string of the molecule is COC(CCN(Cc1nc2oc(-c3ccc(F)cc3)c(C(N)=O)c2cc1I)S(=O)[O-])c1ccccc1. The first-order valence-electron chi connectivity index (χ1n) is 10.9. The van der Waals surface area contributed by atoms with E-state index in [0.717, 1.165) is 5.56 Å². The lowest BCUT2D eigenvalue weighted by atomic mass is 10.1. The second-order valence-corrected chi connectivity index (χ2v) is 10.1. The van der Waals surface area contributed by atoms with Gasteiger partial charge in [-0.05, 0) is 64.9 Å². The molecule has 1 amide bonds. The molecule has 2 heterocycles. The highest BCUT2D eigenvalue weighted by molar-refractivity contribution is 14.1. The number of carbonyl (C=O) groups excluding carboxylic acids is 1. The first-order valence-corrected chi connectivity index (χ1v) is 13.0. The Labute approximate surface area is 223 Å². The molecule has 0 aliphatic heterocycles. The number of pyridine rings is 1. The van der Waals surface area contributed by atoms with Crippen LogP contribution < -0.4 is 5.73 Å². The van der Waals surface area contributed by atoms with Crippen LogP contribution in [0, 0.1) is 9.39 Å². The van der Waals surface area contributed by atoms with Crippen molar-refractivity contribution in [2.75, 3.05) is 13.7 Å². The number of rotatable bonds is 10. The fourth-order valence-electron chi connectivity index (χ4n) is 3.92. The molecule has 0 saturated heterocycles. The molecule has 0 spiro atoms. The van der Waals surface area contributed by atoms with Crippen LogP contribution in [0.25, 0.3) is 22.4 Å². The maximum atomic E-state index is 13.4. The largest absolute Gasteiger partial charge is 0.760 e. The lowest BCUT2D eigenvalue weighted by molar-refractivity contribution is 0.0900. The summed E-state index contributed by atoms with van der Waals surface area (Å²) < 4.78 is 50.7. The predicted octanol–water partition coefficient (Wildman–Crippen LogP) is 4.71. The third-order valence-corrected chi connectivity index (χ3v) is 7.36. The van der Waals surface area contributed by atoms with Crippen molar-refractivity contribution < 1.29 is 27.1 Å². The molecule has 2 N–H and O–H groups in total. The molecule has 8 nitrogen and oxygen atoms in total. The summed E-state index contributed by atoms with van der Waals surface area (Å²) in [6.45, 7) is 0.193. The molecule has 2 aromatic carbocycles. The van der Waals surface area contributed by atoms with Crippen LogP contribution >= 0.6 is 22.6 Å². The fraction of sp³-hybridized carbons (Fsp3) is 0.200. The van der Waals surface area contributed by atoms with E-state index in [4.69, 9.17) is 14.9 Å². The van der Waals surface area contributed by atoms with Crippen molar-refractivity contribution >= 4 is 50.9 Å². The zero-order valence-electron chi connectivity index (χ0n) is 19.1. The van der Waals surface area contributed by atoms with Crippen molar-refractivity contribution in [1.29, 1.82) is 0 Å². The maximum absolute atomic E-state index is 13.4. The highest BCUT2D eigenvalue weighted by Gasteiger charge is 2.24. The fourth-order valence-corrected chi connectivity index (χ4v) is 5.00. The van der Waals surface area contributed by atoms with Gasteiger partial charge in [0.2, 0.25) is 5.71 Å². The molecule has 4 aromatic rings. The third kappa shape index (κ3) is 5.81. The van der Waals surface area contributed by atoms with Crippen molar-refractivity contribution in [3.63, 3.8) is 0 Å². The van der Waals surface area contributed by atoms with Crippen LogP contribution in [0.1, 0.15) is 34.1 Å². The van der Waals surface area contributed by atoms with Gasteiger partial charge in [0.15, 0.2) is 0 Å². The minimum Gasteiger partial charge on any atom is -0.760 e. The molecular weight excluding hydrogens is 600 g/mol. The standard InChI is InChI=1S/C25H23FIN3O5S/c1-34-21(15-5-3-2-4-6-15)11-12-30(36(32)33)14-20-19(27)13-18-22(24(28)31)23(35-25(18)29-20)16-7-9-17(26)10-8-16/h2-10,13,21H,11-12,14H2,1H3,(H2,28,31)(H,32,33)/p-1. The molecule has 0 aliphatic carbocycles. The van der Waals surface area contributed by atoms with Crippen LogP contribution in [0.5, 0.6) is 0 Å². The number of benzene rings is 2. The van der Waals surface area contributed by atoms with E-state index in [9.17, 15) is 17.9 Å². The van der Waals surface area contributed by atoms with Crippen molar-refractivity contribution in [3.05, 3.63) is 86.9 Å². The normalized spacial score (nSPS) is 13.2. The van der Waals surface area contributed by atoms with Gasteiger partial charge in [0.05, 0.1) is 29.3 Å². The van der Waals surface area contributed by atoms with Gasteiger partial charge in [0.1, 0.15) is 11.6 Å². The Morgan fingerprint density at radius 3 is 2.56 bits per heavy atom. The number of nitrogens with two attached hydrogens (primary N) is 1. The lowest BCUT2D eigenvalue weighted by Crippen LogP contribution is -2.28. The number of ether oxygens (including phenoxy) is 1. The first-order chi connectivity index (χ1) is 17.3. The topological polar surface area (TPSA) is 122 Å². The molecule has 4 rings (SSSR count). The van der Waals surface area contributed by atoms with Gasteiger partial charge in [0.25, 0.3) is 5.91 Å². The molecule has 2 atom stereocenters. The Kier molecular flexibility index (Phi) is 8.46. The smallest absolute Gasteiger partial charge is 0.253 e. The van der Waals surface area contributed by atoms with Crippen LogP contribution in [0.2, 0.25) is 0 Å². The average molecular weight is 622 g/mol. The number of hydrogen-bond donors (Lipinski definition) is 1. The number of aromatic nitrogens is 1. The van der Waals surface area contributed by atoms with Crippen LogP contribution in [-0.2, 0) is 22.5 Å². The van der Waals surface area contributed by atoms with Gasteiger partial charge in [-0.25, -0.2) is 13.7 Å². The molecule has 0 radical (unpaired) electrons. The zero-order valence-corrected chi connectivity index (χ0v) is 22.1. The van der Waals surface area contributed by atoms with Gasteiger partial charge in [-0.15, -0.1) is 0 Å². The zero-order chi connectivity index (χ0) is 25.8. The van der Waals surface area contributed by atoms with Gasteiger partial charge >= 0.3 is 0 Å². The molecule has 2 unspecified atom stereocenters. The highest BCUT2D eigenvalue weighted by atomic mass is 127. The summed E-state index contributed by atoms with van der Waals surface area (Å²) in [6.07, 6.45) is 0.169. The van der Waals surface area contributed by atoms with Crippen LogP contribution in [0.3, 0.4) is 0 Å². The summed E-state index contributed by atoms with van der Waals surface area (Å²) in [5.41, 5.74) is 7.76. The Morgan fingerprint density at radius 2 is 1.94 bits per heavy atom. The summed E-state index contributed by atoms with van der Waals surface area (Å²) in [6, 6.07) is 16.7. The molecule has 2 aromatic heterocycles. The van der Waals surface area contributed by atoms with Crippen molar-refractivity contribution in [2.24, 2.45) is 5.73 Å². The summed E-state index contributed by atoms with van der Waals surface area (Å²) in [4.78, 5) is 16.8. The van der Waals surface area contributed by atoms with Gasteiger partial charge in [-0.1, -0.05) is 30.3 Å². The van der Waals surface area contributed by atoms with E-state index < -0.39 is 23.0 Å². The monoisotopic (exact) mass is 622 g/mol. The minimum absolute atomic E-state index is 0.00592. The Balaban J connectivity index is 1.63. The molecular formula is C25H22FIN3O5S-. The number of methoxy groups -OCH3 is 1. The third-order valence-electron chi connectivity index (χ3n) is 5.70. The van der Waals surface area contributed by atoms with Crippen LogP contribution in [0.4, 0.5) is 4.39 Å². The number of amides is 1. The van der Waals surface area contributed by atoms with Gasteiger partial charge in [0, 0.05) is 34.1 Å². The highest BCUT2D eigenvalue weighted by Crippen LogP contribution is 2.34. The molecule has 0 fully saturated rings. The summed E-state index contributed by atoms with van der Waals surface area (Å²) >= 11 is -0.481. The quantitative estimate of drug-likeness (QED) is 0.202. The Hall–Kier alpha value is -2.71. The van der Waals surface area contributed by atoms with Crippen LogP contribution in [0.15, 0.2) is 65.1 Å².